The number of benzene rings is 1. The van der Waals surface area contributed by atoms with E-state index in [0.717, 1.165) is 25.3 Å². The highest BCUT2D eigenvalue weighted by Gasteiger charge is 2.39. The van der Waals surface area contributed by atoms with Crippen LogP contribution in [-0.2, 0) is 6.42 Å². The number of aromatic nitrogens is 1. The summed E-state index contributed by atoms with van der Waals surface area (Å²) in [5.74, 6) is 2.19. The maximum atomic E-state index is 5.58. The van der Waals surface area contributed by atoms with Crippen molar-refractivity contribution < 1.29 is 4.74 Å². The van der Waals surface area contributed by atoms with Crippen LogP contribution in [0.1, 0.15) is 41.4 Å². The molecule has 1 aliphatic carbocycles. The molecule has 2 aromatic rings. The van der Waals surface area contributed by atoms with Crippen molar-refractivity contribution in [2.45, 2.75) is 31.1 Å². The summed E-state index contributed by atoms with van der Waals surface area (Å²) in [7, 11) is 0. The molecule has 2 heterocycles. The molecule has 2 aliphatic rings. The molecule has 19 heavy (non-hydrogen) atoms. The number of ether oxygens (including phenoxy) is 1. The van der Waals surface area contributed by atoms with E-state index in [-0.39, 0.29) is 0 Å². The van der Waals surface area contributed by atoms with Gasteiger partial charge in [-0.05, 0) is 48.3 Å². The third-order valence-corrected chi connectivity index (χ3v) is 4.22. The van der Waals surface area contributed by atoms with E-state index in [4.69, 9.17) is 4.74 Å². The molecule has 2 atom stereocenters. The molecular weight excluding hydrogens is 234 g/mol. The Labute approximate surface area is 113 Å². The Hall–Kier alpha value is -1.83. The Morgan fingerprint density at radius 3 is 2.79 bits per heavy atom. The zero-order valence-electron chi connectivity index (χ0n) is 10.9. The SMILES string of the molecule is c1ccc([C@H]2C[C@@H]2c2cnc3c(c2)CCCO3)cc1. The van der Waals surface area contributed by atoms with Crippen molar-refractivity contribution in [3.63, 3.8) is 0 Å². The molecule has 4 rings (SSSR count). The van der Waals surface area contributed by atoms with Gasteiger partial charge in [0.2, 0.25) is 5.88 Å². The van der Waals surface area contributed by atoms with Crippen molar-refractivity contribution in [3.05, 3.63) is 59.3 Å². The molecule has 0 radical (unpaired) electrons. The van der Waals surface area contributed by atoms with E-state index >= 15 is 0 Å². The molecule has 0 N–H and O–H groups in total. The van der Waals surface area contributed by atoms with Crippen LogP contribution in [0.5, 0.6) is 5.88 Å². The molecule has 1 aromatic carbocycles. The molecule has 2 nitrogen and oxygen atoms in total. The van der Waals surface area contributed by atoms with E-state index in [1.165, 1.54) is 23.1 Å². The van der Waals surface area contributed by atoms with Crippen LogP contribution in [-0.4, -0.2) is 11.6 Å². The number of aryl methyl sites for hydroxylation is 1. The normalized spacial score (nSPS) is 24.4. The lowest BCUT2D eigenvalue weighted by Crippen LogP contribution is -2.10. The quantitative estimate of drug-likeness (QED) is 0.812. The zero-order chi connectivity index (χ0) is 12.7. The van der Waals surface area contributed by atoms with Crippen LogP contribution in [0, 0.1) is 0 Å². The van der Waals surface area contributed by atoms with Crippen LogP contribution in [0.15, 0.2) is 42.6 Å². The predicted octanol–water partition coefficient (Wildman–Crippen LogP) is 3.68. The second-order valence-electron chi connectivity index (χ2n) is 5.54. The fraction of sp³-hybridized carbons (Fsp3) is 0.353. The monoisotopic (exact) mass is 251 g/mol. The molecule has 1 aliphatic heterocycles. The number of hydrogen-bond acceptors (Lipinski definition) is 2. The predicted molar refractivity (Wildman–Crippen MR) is 74.6 cm³/mol. The van der Waals surface area contributed by atoms with Crippen LogP contribution >= 0.6 is 0 Å². The molecule has 0 unspecified atom stereocenters. The average molecular weight is 251 g/mol. The molecule has 1 saturated carbocycles. The van der Waals surface area contributed by atoms with E-state index in [1.54, 1.807) is 0 Å². The van der Waals surface area contributed by atoms with Gasteiger partial charge < -0.3 is 4.74 Å². The van der Waals surface area contributed by atoms with Crippen LogP contribution < -0.4 is 4.74 Å². The molecule has 1 aromatic heterocycles. The Bertz CT molecular complexity index is 593. The summed E-state index contributed by atoms with van der Waals surface area (Å²) in [5, 5.41) is 0. The van der Waals surface area contributed by atoms with Gasteiger partial charge in [0.15, 0.2) is 0 Å². The van der Waals surface area contributed by atoms with Gasteiger partial charge in [0.25, 0.3) is 0 Å². The van der Waals surface area contributed by atoms with Crippen molar-refractivity contribution >= 4 is 0 Å². The first-order valence-corrected chi connectivity index (χ1v) is 7.08. The number of fused-ring (bicyclic) bond motifs is 1. The van der Waals surface area contributed by atoms with E-state index in [0.29, 0.717) is 11.8 Å². The number of nitrogens with zero attached hydrogens (tertiary/aromatic N) is 1. The lowest BCUT2D eigenvalue weighted by Gasteiger charge is -2.16. The average Bonchev–Trinajstić information content (AvgIpc) is 3.28. The smallest absolute Gasteiger partial charge is 0.216 e. The summed E-state index contributed by atoms with van der Waals surface area (Å²) in [4.78, 5) is 4.49. The van der Waals surface area contributed by atoms with Gasteiger partial charge >= 0.3 is 0 Å². The van der Waals surface area contributed by atoms with Crippen LogP contribution in [0.3, 0.4) is 0 Å². The first-order chi connectivity index (χ1) is 9.42. The Kier molecular flexibility index (Phi) is 2.54. The molecule has 0 saturated heterocycles. The van der Waals surface area contributed by atoms with Gasteiger partial charge in [0.05, 0.1) is 6.61 Å². The van der Waals surface area contributed by atoms with E-state index in [9.17, 15) is 0 Å². The third kappa shape index (κ3) is 2.01. The van der Waals surface area contributed by atoms with Gasteiger partial charge in [-0.15, -0.1) is 0 Å². The van der Waals surface area contributed by atoms with E-state index < -0.39 is 0 Å². The van der Waals surface area contributed by atoms with E-state index in [2.05, 4.69) is 41.4 Å². The first-order valence-electron chi connectivity index (χ1n) is 7.08. The minimum absolute atomic E-state index is 0.655. The Morgan fingerprint density at radius 1 is 1.05 bits per heavy atom. The molecular formula is C17H17NO. The Morgan fingerprint density at radius 2 is 1.89 bits per heavy atom. The van der Waals surface area contributed by atoms with Crippen molar-refractivity contribution in [1.82, 2.24) is 4.98 Å². The maximum absolute atomic E-state index is 5.58. The standard InChI is InChI=1S/C17H17NO/c1-2-5-12(6-3-1)15-10-16(15)14-9-13-7-4-8-19-17(13)18-11-14/h1-3,5-6,9,11,15-16H,4,7-8,10H2/t15-,16-/m1/s1. The lowest BCUT2D eigenvalue weighted by atomic mass is 10.0. The summed E-state index contributed by atoms with van der Waals surface area (Å²) in [5.41, 5.74) is 4.14. The van der Waals surface area contributed by atoms with Gasteiger partial charge in [0, 0.05) is 11.8 Å². The second kappa shape index (κ2) is 4.37. The minimum Gasteiger partial charge on any atom is -0.477 e. The highest BCUT2D eigenvalue weighted by molar-refractivity contribution is 5.39. The summed E-state index contributed by atoms with van der Waals surface area (Å²) in [6.45, 7) is 0.815. The van der Waals surface area contributed by atoms with Crippen LogP contribution in [0.2, 0.25) is 0 Å². The molecule has 0 bridgehead atoms. The topological polar surface area (TPSA) is 22.1 Å². The molecule has 96 valence electrons. The summed E-state index contributed by atoms with van der Waals surface area (Å²) in [6.07, 6.45) is 5.49. The van der Waals surface area contributed by atoms with Gasteiger partial charge in [0.1, 0.15) is 0 Å². The number of rotatable bonds is 2. The summed E-state index contributed by atoms with van der Waals surface area (Å²) in [6, 6.07) is 13.1. The Balaban J connectivity index is 1.58. The lowest BCUT2D eigenvalue weighted by molar-refractivity contribution is 0.276. The van der Waals surface area contributed by atoms with Crippen molar-refractivity contribution in [2.24, 2.45) is 0 Å². The van der Waals surface area contributed by atoms with E-state index in [1.807, 2.05) is 6.20 Å². The molecule has 0 amide bonds. The van der Waals surface area contributed by atoms with Crippen LogP contribution in [0.4, 0.5) is 0 Å². The number of pyridine rings is 1. The molecule has 2 heteroatoms. The van der Waals surface area contributed by atoms with Gasteiger partial charge in [-0.3, -0.25) is 0 Å². The second-order valence-corrected chi connectivity index (χ2v) is 5.54. The van der Waals surface area contributed by atoms with Gasteiger partial charge in [-0.2, -0.15) is 0 Å². The largest absolute Gasteiger partial charge is 0.477 e. The summed E-state index contributed by atoms with van der Waals surface area (Å²) >= 11 is 0. The highest BCUT2D eigenvalue weighted by Crippen LogP contribution is 2.54. The van der Waals surface area contributed by atoms with Crippen molar-refractivity contribution in [2.75, 3.05) is 6.61 Å². The fourth-order valence-corrected chi connectivity index (χ4v) is 3.09. The first kappa shape index (κ1) is 11.0. The highest BCUT2D eigenvalue weighted by atomic mass is 16.5. The zero-order valence-corrected chi connectivity index (χ0v) is 10.9. The minimum atomic E-state index is 0.655. The molecule has 0 spiro atoms. The van der Waals surface area contributed by atoms with Gasteiger partial charge in [-0.25, -0.2) is 4.98 Å². The van der Waals surface area contributed by atoms with Crippen molar-refractivity contribution in [3.8, 4) is 5.88 Å². The van der Waals surface area contributed by atoms with Crippen LogP contribution in [0.25, 0.3) is 0 Å². The van der Waals surface area contributed by atoms with Gasteiger partial charge in [-0.1, -0.05) is 30.3 Å². The fourth-order valence-electron chi connectivity index (χ4n) is 3.09. The van der Waals surface area contributed by atoms with Crippen molar-refractivity contribution in [1.29, 1.82) is 0 Å². The molecule has 1 fully saturated rings. The third-order valence-electron chi connectivity index (χ3n) is 4.22. The maximum Gasteiger partial charge on any atom is 0.216 e. The number of hydrogen-bond donors (Lipinski definition) is 0. The summed E-state index contributed by atoms with van der Waals surface area (Å²) < 4.78 is 5.58.